The smallest absolute Gasteiger partial charge is 0.261 e. The van der Waals surface area contributed by atoms with Gasteiger partial charge in [-0.05, 0) is 49.4 Å². The van der Waals surface area contributed by atoms with Crippen LogP contribution >= 0.6 is 15.9 Å². The van der Waals surface area contributed by atoms with E-state index in [1.807, 2.05) is 6.92 Å². The van der Waals surface area contributed by atoms with Crippen molar-refractivity contribution in [3.05, 3.63) is 82.3 Å². The summed E-state index contributed by atoms with van der Waals surface area (Å²) in [5.41, 5.74) is 2.28. The number of sulfonamides is 1. The molecule has 0 unspecified atom stereocenters. The average molecular weight is 445 g/mol. The Morgan fingerprint density at radius 1 is 1.04 bits per heavy atom. The lowest BCUT2D eigenvalue weighted by Gasteiger charge is -2.10. The van der Waals surface area contributed by atoms with Crippen molar-refractivity contribution in [2.24, 2.45) is 4.99 Å². The highest BCUT2D eigenvalue weighted by molar-refractivity contribution is 9.10. The van der Waals surface area contributed by atoms with Crippen molar-refractivity contribution in [2.75, 3.05) is 4.72 Å². The van der Waals surface area contributed by atoms with Gasteiger partial charge < -0.3 is 5.11 Å². The molecule has 0 amide bonds. The molecule has 0 saturated carbocycles. The Hall–Kier alpha value is -2.64. The van der Waals surface area contributed by atoms with E-state index in [4.69, 9.17) is 0 Å². The summed E-state index contributed by atoms with van der Waals surface area (Å²) in [5, 5.41) is 9.92. The van der Waals surface area contributed by atoms with Crippen molar-refractivity contribution in [1.82, 2.24) is 0 Å². The number of anilines is 1. The van der Waals surface area contributed by atoms with Gasteiger partial charge in [-0.3, -0.25) is 9.71 Å². The van der Waals surface area contributed by atoms with Crippen LogP contribution in [0, 0.1) is 6.92 Å². The minimum Gasteiger partial charge on any atom is -0.507 e. The van der Waals surface area contributed by atoms with Gasteiger partial charge in [-0.15, -0.1) is 0 Å². The number of benzene rings is 3. The molecule has 27 heavy (non-hydrogen) atoms. The number of hydrogen-bond acceptors (Lipinski definition) is 4. The lowest BCUT2D eigenvalue weighted by Crippen LogP contribution is -2.13. The van der Waals surface area contributed by atoms with Crippen LogP contribution in [0.15, 0.2) is 81.1 Å². The molecule has 0 saturated heterocycles. The normalized spacial score (nSPS) is 11.6. The molecule has 7 heteroatoms. The number of halogens is 1. The Kier molecular flexibility index (Phi) is 5.62. The van der Waals surface area contributed by atoms with Gasteiger partial charge in [-0.1, -0.05) is 45.8 Å². The highest BCUT2D eigenvalue weighted by Crippen LogP contribution is 2.28. The Labute approximate surface area is 166 Å². The van der Waals surface area contributed by atoms with E-state index in [2.05, 4.69) is 25.6 Å². The third-order valence-electron chi connectivity index (χ3n) is 3.81. The summed E-state index contributed by atoms with van der Waals surface area (Å²) in [4.78, 5) is 4.51. The van der Waals surface area contributed by atoms with Crippen LogP contribution in [-0.2, 0) is 10.0 Å². The van der Waals surface area contributed by atoms with E-state index in [0.29, 0.717) is 16.9 Å². The Morgan fingerprint density at radius 2 is 1.74 bits per heavy atom. The molecule has 5 nitrogen and oxygen atoms in total. The minimum atomic E-state index is -3.73. The highest BCUT2D eigenvalue weighted by atomic mass is 79.9. The number of phenolic OH excluding ortho intramolecular Hbond substituents is 1. The number of aryl methyl sites for hydroxylation is 1. The molecule has 0 aliphatic carbocycles. The zero-order chi connectivity index (χ0) is 19.4. The van der Waals surface area contributed by atoms with E-state index in [9.17, 15) is 13.5 Å². The van der Waals surface area contributed by atoms with E-state index < -0.39 is 10.0 Å². The zero-order valence-electron chi connectivity index (χ0n) is 14.4. The zero-order valence-corrected chi connectivity index (χ0v) is 16.8. The molecule has 0 aliphatic rings. The molecule has 0 aromatic heterocycles. The fourth-order valence-corrected chi connectivity index (χ4v) is 3.81. The Balaban J connectivity index is 1.91. The van der Waals surface area contributed by atoms with Crippen LogP contribution in [0.25, 0.3) is 0 Å². The predicted octanol–water partition coefficient (Wildman–Crippen LogP) is 5.01. The summed E-state index contributed by atoms with van der Waals surface area (Å²) >= 11 is 3.34. The molecule has 0 radical (unpaired) electrons. The number of rotatable bonds is 5. The highest BCUT2D eigenvalue weighted by Gasteiger charge is 2.15. The quantitative estimate of drug-likeness (QED) is 0.542. The number of phenols is 1. The molecule has 0 heterocycles. The van der Waals surface area contributed by atoms with E-state index in [0.717, 1.165) is 10.0 Å². The van der Waals surface area contributed by atoms with Crippen LogP contribution < -0.4 is 4.72 Å². The van der Waals surface area contributed by atoms with Gasteiger partial charge in [0.1, 0.15) is 5.75 Å². The average Bonchev–Trinajstić information content (AvgIpc) is 2.63. The van der Waals surface area contributed by atoms with Crippen LogP contribution in [0.2, 0.25) is 0 Å². The van der Waals surface area contributed by atoms with Crippen molar-refractivity contribution in [3.8, 4) is 5.75 Å². The minimum absolute atomic E-state index is 0.0830. The summed E-state index contributed by atoms with van der Waals surface area (Å²) < 4.78 is 28.6. The molecular weight excluding hydrogens is 428 g/mol. The molecule has 0 bridgehead atoms. The van der Waals surface area contributed by atoms with Crippen molar-refractivity contribution in [1.29, 1.82) is 0 Å². The summed E-state index contributed by atoms with van der Waals surface area (Å²) in [6, 6.07) is 18.4. The Morgan fingerprint density at radius 3 is 2.48 bits per heavy atom. The maximum atomic E-state index is 12.6. The lowest BCUT2D eigenvalue weighted by molar-refractivity contribution is 0.474. The van der Waals surface area contributed by atoms with Crippen molar-refractivity contribution in [2.45, 2.75) is 11.8 Å². The molecular formula is C20H17BrN2O3S. The summed E-state index contributed by atoms with van der Waals surface area (Å²) in [7, 11) is -3.73. The molecule has 3 rings (SSSR count). The van der Waals surface area contributed by atoms with Crippen molar-refractivity contribution < 1.29 is 13.5 Å². The molecule has 3 aromatic rings. The molecule has 0 atom stereocenters. The summed E-state index contributed by atoms with van der Waals surface area (Å²) in [6.45, 7) is 1.89. The van der Waals surface area contributed by atoms with E-state index >= 15 is 0 Å². The second-order valence-electron chi connectivity index (χ2n) is 5.90. The molecule has 0 aliphatic heterocycles. The maximum Gasteiger partial charge on any atom is 0.261 e. The number of aliphatic imine (C=N–C) groups is 1. The van der Waals surface area contributed by atoms with E-state index in [1.54, 1.807) is 66.7 Å². The van der Waals surface area contributed by atoms with E-state index in [-0.39, 0.29) is 10.6 Å². The number of nitrogens with one attached hydrogen (secondary N) is 1. The van der Waals surface area contributed by atoms with Crippen LogP contribution in [0.3, 0.4) is 0 Å². The van der Waals surface area contributed by atoms with Crippen LogP contribution in [0.5, 0.6) is 5.75 Å². The fourth-order valence-electron chi connectivity index (χ4n) is 2.36. The van der Waals surface area contributed by atoms with Gasteiger partial charge in [-0.25, -0.2) is 8.42 Å². The van der Waals surface area contributed by atoms with Crippen LogP contribution in [0.1, 0.15) is 11.1 Å². The van der Waals surface area contributed by atoms with Gasteiger partial charge >= 0.3 is 0 Å². The van der Waals surface area contributed by atoms with Gasteiger partial charge in [0.15, 0.2) is 0 Å². The first-order valence-electron chi connectivity index (χ1n) is 8.06. The first-order chi connectivity index (χ1) is 12.8. The third kappa shape index (κ3) is 4.75. The van der Waals surface area contributed by atoms with Gasteiger partial charge in [0.05, 0.1) is 16.3 Å². The molecule has 0 spiro atoms. The molecule has 3 aromatic carbocycles. The topological polar surface area (TPSA) is 78.8 Å². The van der Waals surface area contributed by atoms with Gasteiger partial charge in [0.25, 0.3) is 10.0 Å². The van der Waals surface area contributed by atoms with Gasteiger partial charge in [0.2, 0.25) is 0 Å². The second-order valence-corrected chi connectivity index (χ2v) is 8.50. The standard InChI is InChI=1S/C20H17BrN2O3S/c1-14-6-9-17(10-7-14)27(25,26)23-19-5-3-2-4-18(19)22-13-15-12-16(21)8-11-20(15)24/h2-13,23-24H,1H3. The number of nitrogens with zero attached hydrogens (tertiary/aromatic N) is 1. The monoisotopic (exact) mass is 444 g/mol. The Bertz CT molecular complexity index is 1090. The largest absolute Gasteiger partial charge is 0.507 e. The van der Waals surface area contributed by atoms with Crippen LogP contribution in [0.4, 0.5) is 11.4 Å². The first-order valence-corrected chi connectivity index (χ1v) is 10.3. The SMILES string of the molecule is Cc1ccc(S(=O)(=O)Nc2ccccc2N=Cc2cc(Br)ccc2O)cc1. The lowest BCUT2D eigenvalue weighted by atomic mass is 10.2. The summed E-state index contributed by atoms with van der Waals surface area (Å²) in [5.74, 6) is 0.0830. The number of aromatic hydroxyl groups is 1. The van der Waals surface area contributed by atoms with E-state index in [1.165, 1.54) is 6.21 Å². The molecule has 0 fully saturated rings. The predicted molar refractivity (Wildman–Crippen MR) is 111 cm³/mol. The van der Waals surface area contributed by atoms with Crippen molar-refractivity contribution in [3.63, 3.8) is 0 Å². The number of hydrogen-bond donors (Lipinski definition) is 2. The summed E-state index contributed by atoms with van der Waals surface area (Å²) in [6.07, 6.45) is 1.49. The fraction of sp³-hybridized carbons (Fsp3) is 0.0500. The van der Waals surface area contributed by atoms with Crippen LogP contribution in [-0.4, -0.2) is 19.7 Å². The molecule has 2 N–H and O–H groups in total. The van der Waals surface area contributed by atoms with Crippen molar-refractivity contribution >= 4 is 43.5 Å². The maximum absolute atomic E-state index is 12.6. The second kappa shape index (κ2) is 7.94. The first kappa shape index (κ1) is 19.1. The molecule has 138 valence electrons. The number of para-hydroxylation sites is 2. The van der Waals surface area contributed by atoms with Gasteiger partial charge in [-0.2, -0.15) is 0 Å². The third-order valence-corrected chi connectivity index (χ3v) is 5.69. The van der Waals surface area contributed by atoms with Gasteiger partial charge in [0, 0.05) is 16.3 Å².